The summed E-state index contributed by atoms with van der Waals surface area (Å²) in [6.07, 6.45) is 1.36. The molecule has 0 aliphatic carbocycles. The predicted octanol–water partition coefficient (Wildman–Crippen LogP) is 3.83. The van der Waals surface area contributed by atoms with Crippen molar-refractivity contribution >= 4 is 21.8 Å². The maximum absolute atomic E-state index is 13.2. The van der Waals surface area contributed by atoms with Gasteiger partial charge in [0.1, 0.15) is 0 Å². The van der Waals surface area contributed by atoms with Crippen LogP contribution in [-0.4, -0.2) is 33.3 Å². The molecule has 2 aromatic rings. The lowest BCUT2D eigenvalue weighted by Crippen LogP contribution is -2.47. The summed E-state index contributed by atoms with van der Waals surface area (Å²) in [7, 11) is 3.19. The van der Waals surface area contributed by atoms with Crippen molar-refractivity contribution in [1.29, 1.82) is 0 Å². The predicted molar refractivity (Wildman–Crippen MR) is 107 cm³/mol. The lowest BCUT2D eigenvalue weighted by Gasteiger charge is -2.36. The summed E-state index contributed by atoms with van der Waals surface area (Å²) in [5, 5.41) is 3.11. The molecule has 0 atom stereocenters. The van der Waals surface area contributed by atoms with E-state index in [-0.39, 0.29) is 5.91 Å². The van der Waals surface area contributed by atoms with Crippen LogP contribution in [0.2, 0.25) is 0 Å². The quantitative estimate of drug-likeness (QED) is 0.751. The lowest BCUT2D eigenvalue weighted by atomic mass is 9.73. The second-order valence-electron chi connectivity index (χ2n) is 6.56. The average Bonchev–Trinajstić information content (AvgIpc) is 2.72. The number of carbonyl (C=O) groups excluding carboxylic acids is 1. The van der Waals surface area contributed by atoms with Crippen molar-refractivity contribution in [3.63, 3.8) is 0 Å². The molecule has 6 heteroatoms. The Kier molecular flexibility index (Phi) is 6.39. The first kappa shape index (κ1) is 19.7. The molecular formula is C21H24BrNO4. The summed E-state index contributed by atoms with van der Waals surface area (Å²) in [5.41, 5.74) is 1.43. The molecule has 1 saturated heterocycles. The fraction of sp³-hybridized carbons (Fsp3) is 0.381. The molecule has 1 heterocycles. The van der Waals surface area contributed by atoms with E-state index < -0.39 is 5.41 Å². The molecule has 0 saturated carbocycles. The van der Waals surface area contributed by atoms with Gasteiger partial charge in [-0.15, -0.1) is 0 Å². The summed E-state index contributed by atoms with van der Waals surface area (Å²) in [5.74, 6) is 1.29. The monoisotopic (exact) mass is 433 g/mol. The first-order valence-electron chi connectivity index (χ1n) is 8.92. The number of ether oxygens (including phenoxy) is 3. The van der Waals surface area contributed by atoms with Gasteiger partial charge in [-0.05, 0) is 52.0 Å². The molecule has 2 aromatic carbocycles. The molecule has 1 amide bonds. The van der Waals surface area contributed by atoms with E-state index in [9.17, 15) is 4.79 Å². The molecule has 0 radical (unpaired) electrons. The van der Waals surface area contributed by atoms with Crippen LogP contribution in [-0.2, 0) is 21.5 Å². The molecular weight excluding hydrogens is 410 g/mol. The average molecular weight is 434 g/mol. The molecule has 1 fully saturated rings. The van der Waals surface area contributed by atoms with Crippen LogP contribution >= 0.6 is 15.9 Å². The molecule has 1 aliphatic heterocycles. The van der Waals surface area contributed by atoms with Gasteiger partial charge < -0.3 is 19.5 Å². The molecule has 0 aromatic heterocycles. The summed E-state index contributed by atoms with van der Waals surface area (Å²) in [6, 6.07) is 13.8. The van der Waals surface area contributed by atoms with Crippen molar-refractivity contribution in [2.45, 2.75) is 24.8 Å². The highest BCUT2D eigenvalue weighted by molar-refractivity contribution is 9.10. The number of halogens is 1. The number of methoxy groups -OCH3 is 2. The molecule has 0 spiro atoms. The minimum Gasteiger partial charge on any atom is -0.493 e. The van der Waals surface area contributed by atoms with Crippen molar-refractivity contribution in [3.05, 3.63) is 58.1 Å². The smallest absolute Gasteiger partial charge is 0.231 e. The van der Waals surface area contributed by atoms with Gasteiger partial charge in [-0.2, -0.15) is 0 Å². The first-order chi connectivity index (χ1) is 13.1. The van der Waals surface area contributed by atoms with E-state index in [0.29, 0.717) is 44.1 Å². The number of hydrogen-bond donors (Lipinski definition) is 1. The van der Waals surface area contributed by atoms with Gasteiger partial charge in [0.25, 0.3) is 0 Å². The topological polar surface area (TPSA) is 56.8 Å². The Morgan fingerprint density at radius 2 is 1.85 bits per heavy atom. The minimum atomic E-state index is -0.548. The molecule has 144 valence electrons. The number of carbonyl (C=O) groups is 1. The summed E-state index contributed by atoms with van der Waals surface area (Å²) >= 11 is 3.50. The van der Waals surface area contributed by atoms with Gasteiger partial charge in [-0.1, -0.05) is 30.3 Å². The normalized spacial score (nSPS) is 15.8. The van der Waals surface area contributed by atoms with Crippen molar-refractivity contribution in [2.24, 2.45) is 0 Å². The van der Waals surface area contributed by atoms with Gasteiger partial charge >= 0.3 is 0 Å². The maximum Gasteiger partial charge on any atom is 0.231 e. The SMILES string of the molecule is COc1cc(CNC(=O)C2(c3ccccc3)CCOCC2)cc(Br)c1OC. The second kappa shape index (κ2) is 8.76. The second-order valence-corrected chi connectivity index (χ2v) is 7.41. The van der Waals surface area contributed by atoms with Crippen LogP contribution in [0.25, 0.3) is 0 Å². The van der Waals surface area contributed by atoms with Gasteiger partial charge in [-0.3, -0.25) is 4.79 Å². The third-order valence-electron chi connectivity index (χ3n) is 5.05. The number of benzene rings is 2. The Balaban J connectivity index is 1.80. The van der Waals surface area contributed by atoms with E-state index in [0.717, 1.165) is 15.6 Å². The Hall–Kier alpha value is -2.05. The van der Waals surface area contributed by atoms with Gasteiger partial charge in [0, 0.05) is 19.8 Å². The third-order valence-corrected chi connectivity index (χ3v) is 5.64. The maximum atomic E-state index is 13.2. The third kappa shape index (κ3) is 4.12. The number of rotatable bonds is 6. The molecule has 0 bridgehead atoms. The molecule has 1 N–H and O–H groups in total. The Bertz CT molecular complexity index is 788. The van der Waals surface area contributed by atoms with E-state index >= 15 is 0 Å². The summed E-state index contributed by atoms with van der Waals surface area (Å²) < 4.78 is 17.0. The van der Waals surface area contributed by atoms with E-state index in [1.165, 1.54) is 0 Å². The highest BCUT2D eigenvalue weighted by atomic mass is 79.9. The molecule has 0 unspecified atom stereocenters. The fourth-order valence-electron chi connectivity index (χ4n) is 3.55. The zero-order valence-corrected chi connectivity index (χ0v) is 17.2. The van der Waals surface area contributed by atoms with Crippen LogP contribution in [0.3, 0.4) is 0 Å². The summed E-state index contributed by atoms with van der Waals surface area (Å²) in [6.45, 7) is 1.58. The van der Waals surface area contributed by atoms with Crippen LogP contribution in [0.1, 0.15) is 24.0 Å². The van der Waals surface area contributed by atoms with Gasteiger partial charge in [0.05, 0.1) is 24.1 Å². The van der Waals surface area contributed by atoms with Crippen LogP contribution in [0.15, 0.2) is 46.9 Å². The lowest BCUT2D eigenvalue weighted by molar-refractivity contribution is -0.130. The molecule has 3 rings (SSSR count). The van der Waals surface area contributed by atoms with Crippen LogP contribution < -0.4 is 14.8 Å². The van der Waals surface area contributed by atoms with Crippen molar-refractivity contribution in [2.75, 3.05) is 27.4 Å². The van der Waals surface area contributed by atoms with Crippen LogP contribution in [0.4, 0.5) is 0 Å². The zero-order chi connectivity index (χ0) is 19.3. The fourth-order valence-corrected chi connectivity index (χ4v) is 4.20. The Morgan fingerprint density at radius 3 is 2.48 bits per heavy atom. The van der Waals surface area contributed by atoms with E-state index in [1.807, 2.05) is 42.5 Å². The highest BCUT2D eigenvalue weighted by Crippen LogP contribution is 2.37. The summed E-state index contributed by atoms with van der Waals surface area (Å²) in [4.78, 5) is 13.2. The van der Waals surface area contributed by atoms with Crippen molar-refractivity contribution in [3.8, 4) is 11.5 Å². The van der Waals surface area contributed by atoms with Gasteiger partial charge in [0.2, 0.25) is 5.91 Å². The number of amides is 1. The minimum absolute atomic E-state index is 0.0305. The van der Waals surface area contributed by atoms with E-state index in [1.54, 1.807) is 14.2 Å². The Morgan fingerprint density at radius 1 is 1.15 bits per heavy atom. The van der Waals surface area contributed by atoms with Gasteiger partial charge in [0.15, 0.2) is 11.5 Å². The Labute approximate surface area is 168 Å². The standard InChI is InChI=1S/C21H24BrNO4/c1-25-18-13-15(12-17(22)19(18)26-2)14-23-20(24)21(8-10-27-11-9-21)16-6-4-3-5-7-16/h3-7,12-13H,8-11,14H2,1-2H3,(H,23,24). The molecule has 1 aliphatic rings. The number of nitrogens with one attached hydrogen (secondary N) is 1. The number of hydrogen-bond acceptors (Lipinski definition) is 4. The van der Waals surface area contributed by atoms with Crippen molar-refractivity contribution < 1.29 is 19.0 Å². The van der Waals surface area contributed by atoms with Crippen molar-refractivity contribution in [1.82, 2.24) is 5.32 Å². The van der Waals surface area contributed by atoms with Crippen LogP contribution in [0, 0.1) is 0 Å². The molecule has 5 nitrogen and oxygen atoms in total. The largest absolute Gasteiger partial charge is 0.493 e. The first-order valence-corrected chi connectivity index (χ1v) is 9.72. The van der Waals surface area contributed by atoms with E-state index in [2.05, 4.69) is 21.2 Å². The highest BCUT2D eigenvalue weighted by Gasteiger charge is 2.41. The zero-order valence-electron chi connectivity index (χ0n) is 15.6. The van der Waals surface area contributed by atoms with E-state index in [4.69, 9.17) is 14.2 Å². The van der Waals surface area contributed by atoms with Gasteiger partial charge in [-0.25, -0.2) is 0 Å². The molecule has 27 heavy (non-hydrogen) atoms. The van der Waals surface area contributed by atoms with Crippen LogP contribution in [0.5, 0.6) is 11.5 Å².